The van der Waals surface area contributed by atoms with Crippen molar-refractivity contribution in [3.63, 3.8) is 0 Å². The monoisotopic (exact) mass is 566 g/mol. The van der Waals surface area contributed by atoms with Crippen LogP contribution in [-0.4, -0.2) is 9.55 Å². The normalized spacial score (nSPS) is 12.2. The molecule has 3 aromatic heterocycles. The van der Waals surface area contributed by atoms with Gasteiger partial charge in [0, 0.05) is 41.9 Å². The van der Waals surface area contributed by atoms with E-state index < -0.39 is 0 Å². The molecule has 43 heavy (non-hydrogen) atoms. The van der Waals surface area contributed by atoms with E-state index in [-0.39, 0.29) is 0 Å². The lowest BCUT2D eigenvalue weighted by atomic mass is 10.0. The van der Waals surface area contributed by atoms with Gasteiger partial charge in [-0.3, -0.25) is 0 Å². The van der Waals surface area contributed by atoms with Crippen molar-refractivity contribution in [1.29, 1.82) is 0 Å². The maximum atomic E-state index is 6.49. The maximum absolute atomic E-state index is 6.49. The van der Waals surface area contributed by atoms with Gasteiger partial charge in [0.1, 0.15) is 5.52 Å². The summed E-state index contributed by atoms with van der Waals surface area (Å²) in [6.07, 6.45) is 0. The molecule has 0 aliphatic carbocycles. The Morgan fingerprint density at radius 1 is 0.535 bits per heavy atom. The quantitative estimate of drug-likeness (QED) is 0.208. The van der Waals surface area contributed by atoms with Gasteiger partial charge in [0.05, 0.1) is 16.7 Å². The molecule has 0 aliphatic heterocycles. The van der Waals surface area contributed by atoms with Crippen molar-refractivity contribution < 1.29 is 4.42 Å². The van der Waals surface area contributed by atoms with E-state index in [0.717, 1.165) is 33.1 Å². The third-order valence-electron chi connectivity index (χ3n) is 8.81. The first-order chi connectivity index (χ1) is 21.3. The fourth-order valence-electron chi connectivity index (χ4n) is 6.90. The lowest BCUT2D eigenvalue weighted by Crippen LogP contribution is -1.96. The third kappa shape index (κ3) is 3.21. The third-order valence-corrected chi connectivity index (χ3v) is 9.95. The summed E-state index contributed by atoms with van der Waals surface area (Å²) in [4.78, 5) is 5.14. The molecule has 3 heterocycles. The molecule has 10 rings (SSSR count). The van der Waals surface area contributed by atoms with E-state index in [1.165, 1.54) is 52.8 Å². The van der Waals surface area contributed by atoms with Crippen LogP contribution >= 0.6 is 11.3 Å². The van der Waals surface area contributed by atoms with Crippen molar-refractivity contribution >= 4 is 86.0 Å². The van der Waals surface area contributed by atoms with E-state index in [4.69, 9.17) is 9.40 Å². The number of rotatable bonds is 2. The summed E-state index contributed by atoms with van der Waals surface area (Å²) in [6, 6.07) is 47.7. The summed E-state index contributed by atoms with van der Waals surface area (Å²) in [6.45, 7) is 0. The number of oxazole rings is 1. The minimum Gasteiger partial charge on any atom is -0.436 e. The van der Waals surface area contributed by atoms with Crippen LogP contribution in [0.3, 0.4) is 0 Å². The number of benzene rings is 7. The molecule has 7 aromatic carbocycles. The molecule has 10 aromatic rings. The zero-order valence-corrected chi connectivity index (χ0v) is 23.7. The van der Waals surface area contributed by atoms with Gasteiger partial charge in [0.2, 0.25) is 5.89 Å². The Balaban J connectivity index is 1.25. The Labute approximate surface area is 249 Å². The van der Waals surface area contributed by atoms with E-state index in [9.17, 15) is 0 Å². The van der Waals surface area contributed by atoms with Crippen LogP contribution in [0.1, 0.15) is 0 Å². The van der Waals surface area contributed by atoms with Gasteiger partial charge in [0.25, 0.3) is 0 Å². The molecule has 0 atom stereocenters. The van der Waals surface area contributed by atoms with E-state index in [0.29, 0.717) is 5.89 Å². The van der Waals surface area contributed by atoms with Gasteiger partial charge in [-0.2, -0.15) is 0 Å². The Kier molecular flexibility index (Phi) is 4.60. The van der Waals surface area contributed by atoms with E-state index >= 15 is 0 Å². The predicted molar refractivity (Wildman–Crippen MR) is 182 cm³/mol. The molecule has 0 radical (unpaired) electrons. The summed E-state index contributed by atoms with van der Waals surface area (Å²) in [5, 5.41) is 9.67. The second-order valence-electron chi connectivity index (χ2n) is 11.1. The highest BCUT2D eigenvalue weighted by Crippen LogP contribution is 2.42. The zero-order chi connectivity index (χ0) is 28.1. The van der Waals surface area contributed by atoms with Crippen LogP contribution in [-0.2, 0) is 0 Å². The first kappa shape index (κ1) is 23.1. The Morgan fingerprint density at radius 3 is 2.14 bits per heavy atom. The minimum absolute atomic E-state index is 0.647. The lowest BCUT2D eigenvalue weighted by molar-refractivity contribution is 0.620. The summed E-state index contributed by atoms with van der Waals surface area (Å²) < 4.78 is 11.4. The lowest BCUT2D eigenvalue weighted by Gasteiger charge is -2.14. The second-order valence-corrected chi connectivity index (χ2v) is 12.2. The Bertz CT molecular complexity index is 2740. The van der Waals surface area contributed by atoms with Crippen molar-refractivity contribution in [3.8, 4) is 17.1 Å². The van der Waals surface area contributed by atoms with Gasteiger partial charge in [-0.15, -0.1) is 11.3 Å². The number of hydrogen-bond donors (Lipinski definition) is 0. The van der Waals surface area contributed by atoms with Crippen LogP contribution in [0.2, 0.25) is 0 Å². The van der Waals surface area contributed by atoms with Crippen molar-refractivity contribution in [2.75, 3.05) is 0 Å². The van der Waals surface area contributed by atoms with Crippen molar-refractivity contribution in [2.45, 2.75) is 0 Å². The molecule has 3 nitrogen and oxygen atoms in total. The predicted octanol–water partition coefficient (Wildman–Crippen LogP) is 11.3. The van der Waals surface area contributed by atoms with E-state index in [2.05, 4.69) is 138 Å². The minimum atomic E-state index is 0.647. The molecular weight excluding hydrogens is 545 g/mol. The summed E-state index contributed by atoms with van der Waals surface area (Å²) in [5.41, 5.74) is 6.27. The van der Waals surface area contributed by atoms with Gasteiger partial charge in [-0.05, 0) is 64.7 Å². The molecular formula is C39H22N2OS. The number of thiophene rings is 1. The molecule has 0 N–H and O–H groups in total. The van der Waals surface area contributed by atoms with Crippen molar-refractivity contribution in [2.24, 2.45) is 0 Å². The molecule has 0 unspecified atom stereocenters. The van der Waals surface area contributed by atoms with Gasteiger partial charge in [-0.25, -0.2) is 4.98 Å². The Hall–Kier alpha value is -5.45. The van der Waals surface area contributed by atoms with Gasteiger partial charge in [0.15, 0.2) is 5.58 Å². The molecule has 0 saturated carbocycles. The highest BCUT2D eigenvalue weighted by atomic mass is 32.1. The first-order valence-electron chi connectivity index (χ1n) is 14.5. The van der Waals surface area contributed by atoms with Crippen LogP contribution in [0.15, 0.2) is 138 Å². The molecule has 0 amide bonds. The molecule has 0 bridgehead atoms. The molecule has 200 valence electrons. The van der Waals surface area contributed by atoms with Gasteiger partial charge in [-0.1, -0.05) is 84.9 Å². The number of aromatic nitrogens is 2. The van der Waals surface area contributed by atoms with Gasteiger partial charge >= 0.3 is 0 Å². The zero-order valence-electron chi connectivity index (χ0n) is 22.9. The topological polar surface area (TPSA) is 31.0 Å². The smallest absolute Gasteiger partial charge is 0.227 e. The van der Waals surface area contributed by atoms with Crippen LogP contribution in [0.4, 0.5) is 0 Å². The van der Waals surface area contributed by atoms with Gasteiger partial charge < -0.3 is 8.98 Å². The van der Waals surface area contributed by atoms with E-state index in [1.807, 2.05) is 0 Å². The maximum Gasteiger partial charge on any atom is 0.227 e. The van der Waals surface area contributed by atoms with Crippen molar-refractivity contribution in [3.05, 3.63) is 133 Å². The molecule has 0 aliphatic rings. The Morgan fingerprint density at radius 2 is 1.26 bits per heavy atom. The number of hydrogen-bond acceptors (Lipinski definition) is 3. The summed E-state index contributed by atoms with van der Waals surface area (Å²) in [5.74, 6) is 0.647. The number of para-hydroxylation sites is 1. The molecule has 0 spiro atoms. The highest BCUT2D eigenvalue weighted by Gasteiger charge is 2.20. The van der Waals surface area contributed by atoms with Crippen molar-refractivity contribution in [1.82, 2.24) is 9.55 Å². The summed E-state index contributed by atoms with van der Waals surface area (Å²) >= 11 is 1.80. The van der Waals surface area contributed by atoms with Crippen LogP contribution in [0.25, 0.3) is 91.8 Å². The van der Waals surface area contributed by atoms with Crippen LogP contribution in [0.5, 0.6) is 0 Å². The van der Waals surface area contributed by atoms with E-state index in [1.54, 1.807) is 11.3 Å². The fraction of sp³-hybridized carbons (Fsp3) is 0. The number of fused-ring (bicyclic) bond motifs is 10. The fourth-order valence-corrected chi connectivity index (χ4v) is 8.00. The highest BCUT2D eigenvalue weighted by molar-refractivity contribution is 7.26. The largest absolute Gasteiger partial charge is 0.436 e. The average Bonchev–Trinajstić information content (AvgIpc) is 3.75. The standard InChI is InChI=1S/C39H22N2OS/c1-2-10-24-22-33-30(21-23(24)9-1)27-13-5-7-15-31(27)41(33)32-18-17-28(25-11-3-4-12-26(25)32)39-40-38-34(42-39)19-20-36-37(38)29-14-6-8-16-35(29)43-36/h1-22H. The summed E-state index contributed by atoms with van der Waals surface area (Å²) in [7, 11) is 0. The van der Waals surface area contributed by atoms with Crippen LogP contribution in [0, 0.1) is 0 Å². The average molecular weight is 567 g/mol. The number of nitrogens with zero attached hydrogens (tertiary/aromatic N) is 2. The first-order valence-corrected chi connectivity index (χ1v) is 15.3. The van der Waals surface area contributed by atoms with Crippen LogP contribution < -0.4 is 0 Å². The second kappa shape index (κ2) is 8.54. The SMILES string of the molecule is c1ccc2cc3c(cc2c1)c1ccccc1n3-c1ccc(-c2nc3c(ccc4sc5ccccc5c43)o2)c2ccccc12. The molecule has 4 heteroatoms. The molecule has 0 fully saturated rings. The molecule has 0 saturated heterocycles.